The fourth-order valence-electron chi connectivity index (χ4n) is 2.72. The van der Waals surface area contributed by atoms with Gasteiger partial charge in [-0.3, -0.25) is 0 Å². The van der Waals surface area contributed by atoms with E-state index in [-0.39, 0.29) is 0 Å². The Hall–Kier alpha value is -1.33. The Morgan fingerprint density at radius 1 is 1.27 bits per heavy atom. The summed E-state index contributed by atoms with van der Waals surface area (Å²) in [5.41, 5.74) is 1.37. The zero-order valence-electron chi connectivity index (χ0n) is 13.7. The molecule has 122 valence electrons. The summed E-state index contributed by atoms with van der Waals surface area (Å²) < 4.78 is 5.21. The van der Waals surface area contributed by atoms with Crippen molar-refractivity contribution < 1.29 is 9.64 Å². The summed E-state index contributed by atoms with van der Waals surface area (Å²) in [5, 5.41) is 4.29. The van der Waals surface area contributed by atoms with Crippen LogP contribution >= 0.6 is 12.2 Å². The summed E-state index contributed by atoms with van der Waals surface area (Å²) in [6, 6.07) is 8.40. The number of methoxy groups -OCH3 is 1. The Balaban J connectivity index is 1.73. The Morgan fingerprint density at radius 2 is 1.95 bits per heavy atom. The molecule has 5 heteroatoms. The second kappa shape index (κ2) is 8.96. The molecule has 0 amide bonds. The van der Waals surface area contributed by atoms with E-state index < -0.39 is 0 Å². The molecule has 0 aliphatic carbocycles. The van der Waals surface area contributed by atoms with E-state index in [0.29, 0.717) is 0 Å². The molecule has 0 spiro atoms. The highest BCUT2D eigenvalue weighted by atomic mass is 32.1. The van der Waals surface area contributed by atoms with Gasteiger partial charge in [0.25, 0.3) is 0 Å². The molecule has 22 heavy (non-hydrogen) atoms. The van der Waals surface area contributed by atoms with Crippen LogP contribution in [0.2, 0.25) is 0 Å². The molecule has 2 rings (SSSR count). The van der Waals surface area contributed by atoms with Gasteiger partial charge in [0.2, 0.25) is 0 Å². The van der Waals surface area contributed by atoms with Gasteiger partial charge in [0.05, 0.1) is 33.3 Å². The topological polar surface area (TPSA) is 28.9 Å². The van der Waals surface area contributed by atoms with Crippen LogP contribution in [0, 0.1) is 0 Å². The third-order valence-electron chi connectivity index (χ3n) is 4.18. The fourth-order valence-corrected chi connectivity index (χ4v) is 3.00. The van der Waals surface area contributed by atoms with Crippen LogP contribution in [0.4, 0.5) is 0 Å². The van der Waals surface area contributed by atoms with Crippen molar-refractivity contribution in [3.63, 3.8) is 0 Å². The quantitative estimate of drug-likeness (QED) is 0.606. The molecule has 0 aromatic heterocycles. The maximum absolute atomic E-state index is 5.47. The molecule has 0 saturated carbocycles. The van der Waals surface area contributed by atoms with E-state index in [1.165, 1.54) is 18.4 Å². The van der Waals surface area contributed by atoms with Crippen molar-refractivity contribution in [1.29, 1.82) is 0 Å². The third-order valence-corrected chi connectivity index (χ3v) is 4.58. The summed E-state index contributed by atoms with van der Waals surface area (Å²) in [6.45, 7) is 8.64. The highest BCUT2D eigenvalue weighted by Crippen LogP contribution is 2.10. The number of unbranched alkanes of at least 4 members (excludes halogenated alkanes) is 1. The highest BCUT2D eigenvalue weighted by Gasteiger charge is 2.21. The summed E-state index contributed by atoms with van der Waals surface area (Å²) in [6.07, 6.45) is 2.39. The molecular formula is C17H28N3OS+. The van der Waals surface area contributed by atoms with Crippen LogP contribution in [0.1, 0.15) is 25.3 Å². The lowest BCUT2D eigenvalue weighted by molar-refractivity contribution is -0.917. The van der Waals surface area contributed by atoms with Crippen LogP contribution in [0.3, 0.4) is 0 Å². The molecule has 4 nitrogen and oxygen atoms in total. The summed E-state index contributed by atoms with van der Waals surface area (Å²) in [5.74, 6) is 0.923. The van der Waals surface area contributed by atoms with Crippen LogP contribution in [-0.4, -0.2) is 49.8 Å². The molecule has 1 fully saturated rings. The van der Waals surface area contributed by atoms with Gasteiger partial charge in [-0.2, -0.15) is 0 Å². The number of thiocarbonyl (C=S) groups is 1. The molecule has 2 N–H and O–H groups in total. The molecule has 0 radical (unpaired) electrons. The van der Waals surface area contributed by atoms with Gasteiger partial charge in [0.1, 0.15) is 12.3 Å². The number of ether oxygens (including phenoxy) is 1. The number of nitrogens with one attached hydrogen (secondary N) is 2. The fraction of sp³-hybridized carbons (Fsp3) is 0.588. The van der Waals surface area contributed by atoms with E-state index in [1.807, 2.05) is 12.1 Å². The lowest BCUT2D eigenvalue weighted by Gasteiger charge is -2.34. The van der Waals surface area contributed by atoms with E-state index >= 15 is 0 Å². The molecule has 1 aliphatic rings. The van der Waals surface area contributed by atoms with Crippen molar-refractivity contribution in [1.82, 2.24) is 10.2 Å². The zero-order chi connectivity index (χ0) is 15.8. The first kappa shape index (κ1) is 17.0. The first-order valence-corrected chi connectivity index (χ1v) is 8.63. The SMILES string of the molecule is CCCCNC(=S)N1CC[NH+](Cc2ccc(OC)cc2)CC1. The molecule has 0 atom stereocenters. The number of rotatable bonds is 6. The Bertz CT molecular complexity index is 455. The second-order valence-electron chi connectivity index (χ2n) is 5.85. The monoisotopic (exact) mass is 322 g/mol. The number of hydrogen-bond acceptors (Lipinski definition) is 2. The lowest BCUT2D eigenvalue weighted by Crippen LogP contribution is -3.13. The number of hydrogen-bond donors (Lipinski definition) is 2. The third kappa shape index (κ3) is 5.14. The van der Waals surface area contributed by atoms with Crippen molar-refractivity contribution in [2.45, 2.75) is 26.3 Å². The van der Waals surface area contributed by atoms with Gasteiger partial charge in [0, 0.05) is 12.1 Å². The minimum Gasteiger partial charge on any atom is -0.497 e. The van der Waals surface area contributed by atoms with Gasteiger partial charge in [-0.05, 0) is 42.9 Å². The molecule has 1 heterocycles. The highest BCUT2D eigenvalue weighted by molar-refractivity contribution is 7.80. The van der Waals surface area contributed by atoms with E-state index in [4.69, 9.17) is 17.0 Å². The van der Waals surface area contributed by atoms with E-state index in [0.717, 1.165) is 50.1 Å². The first-order chi connectivity index (χ1) is 10.7. The van der Waals surface area contributed by atoms with Gasteiger partial charge >= 0.3 is 0 Å². The average Bonchev–Trinajstić information content (AvgIpc) is 2.56. The second-order valence-corrected chi connectivity index (χ2v) is 6.23. The van der Waals surface area contributed by atoms with Crippen molar-refractivity contribution in [3.8, 4) is 5.75 Å². The Kier molecular flexibility index (Phi) is 6.93. The van der Waals surface area contributed by atoms with Crippen molar-refractivity contribution >= 4 is 17.3 Å². The zero-order valence-corrected chi connectivity index (χ0v) is 14.5. The van der Waals surface area contributed by atoms with Crippen molar-refractivity contribution in [3.05, 3.63) is 29.8 Å². The van der Waals surface area contributed by atoms with Gasteiger partial charge in [-0.25, -0.2) is 0 Å². The largest absolute Gasteiger partial charge is 0.497 e. The van der Waals surface area contributed by atoms with Crippen LogP contribution in [0.25, 0.3) is 0 Å². The predicted molar refractivity (Wildman–Crippen MR) is 94.5 cm³/mol. The lowest BCUT2D eigenvalue weighted by atomic mass is 10.2. The maximum Gasteiger partial charge on any atom is 0.169 e. The van der Waals surface area contributed by atoms with Gasteiger partial charge in [-0.1, -0.05) is 13.3 Å². The maximum atomic E-state index is 5.47. The predicted octanol–water partition coefficient (Wildman–Crippen LogP) is 1.07. The van der Waals surface area contributed by atoms with Crippen molar-refractivity contribution in [2.75, 3.05) is 39.8 Å². The van der Waals surface area contributed by atoms with E-state index in [1.54, 1.807) is 12.0 Å². The van der Waals surface area contributed by atoms with Crippen LogP contribution in [-0.2, 0) is 6.54 Å². The molecule has 0 bridgehead atoms. The van der Waals surface area contributed by atoms with E-state index in [2.05, 4.69) is 29.3 Å². The molecular weight excluding hydrogens is 294 g/mol. The average molecular weight is 322 g/mol. The smallest absolute Gasteiger partial charge is 0.169 e. The van der Waals surface area contributed by atoms with E-state index in [9.17, 15) is 0 Å². The minimum atomic E-state index is 0.923. The summed E-state index contributed by atoms with van der Waals surface area (Å²) in [4.78, 5) is 3.93. The van der Waals surface area contributed by atoms with Gasteiger partial charge in [-0.15, -0.1) is 0 Å². The standard InChI is InChI=1S/C17H27N3OS/c1-3-4-9-18-17(22)20-12-10-19(11-13-20)14-15-5-7-16(21-2)8-6-15/h5-8H,3-4,9-14H2,1-2H3,(H,18,22)/p+1. The van der Waals surface area contributed by atoms with Crippen LogP contribution < -0.4 is 15.0 Å². The number of nitrogens with zero attached hydrogens (tertiary/aromatic N) is 1. The normalized spacial score (nSPS) is 15.6. The van der Waals surface area contributed by atoms with Gasteiger partial charge < -0.3 is 19.9 Å². The molecule has 1 aliphatic heterocycles. The first-order valence-electron chi connectivity index (χ1n) is 8.22. The summed E-state index contributed by atoms with van der Waals surface area (Å²) in [7, 11) is 1.71. The summed E-state index contributed by atoms with van der Waals surface area (Å²) >= 11 is 5.47. The minimum absolute atomic E-state index is 0.923. The molecule has 1 aromatic rings. The van der Waals surface area contributed by atoms with Crippen molar-refractivity contribution in [2.24, 2.45) is 0 Å². The Morgan fingerprint density at radius 3 is 2.55 bits per heavy atom. The molecule has 0 unspecified atom stereocenters. The van der Waals surface area contributed by atoms with Gasteiger partial charge in [0.15, 0.2) is 5.11 Å². The van der Waals surface area contributed by atoms with Crippen LogP contribution in [0.5, 0.6) is 5.75 Å². The Labute approximate surface area is 139 Å². The number of quaternary nitrogens is 1. The molecule has 1 aromatic carbocycles. The number of benzene rings is 1. The number of piperazine rings is 1. The molecule has 1 saturated heterocycles. The van der Waals surface area contributed by atoms with Crippen LogP contribution in [0.15, 0.2) is 24.3 Å².